The van der Waals surface area contributed by atoms with E-state index in [2.05, 4.69) is 10.1 Å². The summed E-state index contributed by atoms with van der Waals surface area (Å²) in [6.07, 6.45) is 0. The largest absolute Gasteiger partial charge is 0.497 e. The molecule has 31 heavy (non-hydrogen) atoms. The van der Waals surface area contributed by atoms with E-state index in [-0.39, 0.29) is 4.90 Å². The van der Waals surface area contributed by atoms with Crippen molar-refractivity contribution >= 4 is 15.7 Å². The van der Waals surface area contributed by atoms with Gasteiger partial charge in [-0.05, 0) is 49.4 Å². The summed E-state index contributed by atoms with van der Waals surface area (Å²) in [7, 11) is -0.648. The number of anilines is 1. The van der Waals surface area contributed by atoms with Crippen LogP contribution in [-0.2, 0) is 10.0 Å². The lowest BCUT2D eigenvalue weighted by atomic mass is 10.1. The lowest BCUT2D eigenvalue weighted by molar-refractivity contribution is 0.374. The molecule has 0 atom stereocenters. The number of benzene rings is 2. The van der Waals surface area contributed by atoms with Crippen LogP contribution in [0.15, 0.2) is 57.9 Å². The fraction of sp³-hybridized carbons (Fsp3) is 0.318. The first-order chi connectivity index (χ1) is 14.9. The Labute approximate surface area is 182 Å². The van der Waals surface area contributed by atoms with Gasteiger partial charge in [-0.3, -0.25) is 0 Å². The highest BCUT2D eigenvalue weighted by molar-refractivity contribution is 7.89. The zero-order valence-electron chi connectivity index (χ0n) is 17.7. The predicted octanol–water partition coefficient (Wildman–Crippen LogP) is 3.18. The third-order valence-electron chi connectivity index (χ3n) is 5.37. The average molecular weight is 444 g/mol. The highest BCUT2D eigenvalue weighted by atomic mass is 32.2. The highest BCUT2D eigenvalue weighted by Gasteiger charge is 2.31. The number of hydrogen-bond acceptors (Lipinski definition) is 7. The molecule has 1 aliphatic rings. The van der Waals surface area contributed by atoms with Crippen LogP contribution in [0, 0.1) is 6.92 Å². The topological polar surface area (TPSA) is 85.1 Å². The Morgan fingerprint density at radius 3 is 2.23 bits per heavy atom. The molecule has 1 saturated heterocycles. The van der Waals surface area contributed by atoms with Crippen molar-refractivity contribution in [2.24, 2.45) is 0 Å². The number of nitrogens with zero attached hydrogens (tertiary/aromatic N) is 3. The van der Waals surface area contributed by atoms with E-state index in [0.29, 0.717) is 43.3 Å². The summed E-state index contributed by atoms with van der Waals surface area (Å²) in [6, 6.07) is 14.5. The maximum Gasteiger partial charge on any atom is 0.246 e. The highest BCUT2D eigenvalue weighted by Crippen LogP contribution is 2.33. The van der Waals surface area contributed by atoms with E-state index >= 15 is 0 Å². The van der Waals surface area contributed by atoms with Crippen LogP contribution >= 0.6 is 0 Å². The van der Waals surface area contributed by atoms with E-state index in [1.54, 1.807) is 31.4 Å². The Bertz CT molecular complexity index is 1150. The maximum atomic E-state index is 13.4. The van der Waals surface area contributed by atoms with Gasteiger partial charge >= 0.3 is 0 Å². The molecule has 0 amide bonds. The fourth-order valence-electron chi connectivity index (χ4n) is 3.65. The van der Waals surface area contributed by atoms with E-state index in [1.807, 2.05) is 31.2 Å². The van der Waals surface area contributed by atoms with E-state index in [1.165, 1.54) is 11.4 Å². The lowest BCUT2D eigenvalue weighted by Gasteiger charge is -2.35. The first-order valence-corrected chi connectivity index (χ1v) is 11.4. The number of hydrogen-bond donors (Lipinski definition) is 0. The van der Waals surface area contributed by atoms with Crippen LogP contribution in [0.4, 0.5) is 5.69 Å². The summed E-state index contributed by atoms with van der Waals surface area (Å²) < 4.78 is 44.3. The van der Waals surface area contributed by atoms with Crippen LogP contribution in [0.25, 0.3) is 11.3 Å². The standard InChI is InChI=1S/C22H25N3O5S/c1-16-14-21(30-23-16)17-4-9-20(29-3)22(15-17)31(26,27)25-12-10-24(11-13-25)18-5-7-19(28-2)8-6-18/h4-9,14-15H,10-13H2,1-3H3. The zero-order valence-corrected chi connectivity index (χ0v) is 18.6. The summed E-state index contributed by atoms with van der Waals surface area (Å²) in [4.78, 5) is 2.29. The number of aryl methyl sites for hydroxylation is 1. The van der Waals surface area contributed by atoms with Crippen molar-refractivity contribution in [2.75, 3.05) is 45.3 Å². The molecular formula is C22H25N3O5S. The molecule has 1 aromatic heterocycles. The van der Waals surface area contributed by atoms with Gasteiger partial charge in [-0.1, -0.05) is 5.16 Å². The van der Waals surface area contributed by atoms with Crippen molar-refractivity contribution in [3.8, 4) is 22.8 Å². The zero-order chi connectivity index (χ0) is 22.0. The molecule has 0 bridgehead atoms. The third kappa shape index (κ3) is 4.24. The number of piperazine rings is 1. The molecule has 0 saturated carbocycles. The van der Waals surface area contributed by atoms with Crippen molar-refractivity contribution in [3.63, 3.8) is 0 Å². The average Bonchev–Trinajstić information content (AvgIpc) is 3.25. The molecule has 3 aromatic rings. The second kappa shape index (κ2) is 8.60. The summed E-state index contributed by atoms with van der Waals surface area (Å²) in [5.41, 5.74) is 2.40. The first kappa shape index (κ1) is 21.2. The Morgan fingerprint density at radius 1 is 0.935 bits per heavy atom. The van der Waals surface area contributed by atoms with Crippen LogP contribution in [0.2, 0.25) is 0 Å². The molecule has 2 aromatic carbocycles. The molecule has 0 spiro atoms. The Kier molecular flexibility index (Phi) is 5.88. The first-order valence-electron chi connectivity index (χ1n) is 9.93. The van der Waals surface area contributed by atoms with Crippen molar-refractivity contribution < 1.29 is 22.4 Å². The Morgan fingerprint density at radius 2 is 1.65 bits per heavy atom. The summed E-state index contributed by atoms with van der Waals surface area (Å²) in [5, 5.41) is 3.89. The lowest BCUT2D eigenvalue weighted by Crippen LogP contribution is -2.48. The van der Waals surface area contributed by atoms with Gasteiger partial charge in [0.05, 0.1) is 19.9 Å². The van der Waals surface area contributed by atoms with Gasteiger partial charge in [-0.25, -0.2) is 8.42 Å². The normalized spacial score (nSPS) is 15.1. The van der Waals surface area contributed by atoms with Gasteiger partial charge in [0, 0.05) is 43.5 Å². The molecule has 1 aliphatic heterocycles. The van der Waals surface area contributed by atoms with Crippen LogP contribution in [0.1, 0.15) is 5.69 Å². The van der Waals surface area contributed by atoms with Gasteiger partial charge in [0.15, 0.2) is 5.76 Å². The maximum absolute atomic E-state index is 13.4. The molecule has 4 rings (SSSR count). The molecule has 0 unspecified atom stereocenters. The molecule has 0 N–H and O–H groups in total. The molecule has 0 radical (unpaired) electrons. The monoisotopic (exact) mass is 443 g/mol. The number of ether oxygens (including phenoxy) is 2. The van der Waals surface area contributed by atoms with Gasteiger partial charge in [0.25, 0.3) is 0 Å². The van der Waals surface area contributed by atoms with Gasteiger partial charge in [0.1, 0.15) is 16.4 Å². The molecule has 0 aliphatic carbocycles. The fourth-order valence-corrected chi connectivity index (χ4v) is 5.25. The van der Waals surface area contributed by atoms with Crippen molar-refractivity contribution in [2.45, 2.75) is 11.8 Å². The molecular weight excluding hydrogens is 418 g/mol. The van der Waals surface area contributed by atoms with E-state index in [4.69, 9.17) is 14.0 Å². The smallest absolute Gasteiger partial charge is 0.246 e. The minimum atomic E-state index is -3.75. The molecule has 1 fully saturated rings. The summed E-state index contributed by atoms with van der Waals surface area (Å²) in [5.74, 6) is 1.61. The van der Waals surface area contributed by atoms with Crippen molar-refractivity contribution in [1.29, 1.82) is 0 Å². The number of rotatable bonds is 6. The minimum Gasteiger partial charge on any atom is -0.497 e. The molecule has 164 valence electrons. The second-order valence-electron chi connectivity index (χ2n) is 7.29. The second-order valence-corrected chi connectivity index (χ2v) is 9.19. The number of sulfonamides is 1. The van der Waals surface area contributed by atoms with Gasteiger partial charge in [-0.15, -0.1) is 0 Å². The number of methoxy groups -OCH3 is 2. The summed E-state index contributed by atoms with van der Waals surface area (Å²) >= 11 is 0. The van der Waals surface area contributed by atoms with Crippen LogP contribution < -0.4 is 14.4 Å². The summed E-state index contributed by atoms with van der Waals surface area (Å²) in [6.45, 7) is 3.76. The molecule has 2 heterocycles. The van der Waals surface area contributed by atoms with Crippen molar-refractivity contribution in [1.82, 2.24) is 9.46 Å². The SMILES string of the molecule is COc1ccc(N2CCN(S(=O)(=O)c3cc(-c4cc(C)no4)ccc3OC)CC2)cc1. The van der Waals surface area contributed by atoms with Gasteiger partial charge < -0.3 is 18.9 Å². The minimum absolute atomic E-state index is 0.124. The van der Waals surface area contributed by atoms with E-state index in [0.717, 1.165) is 17.1 Å². The predicted molar refractivity (Wildman–Crippen MR) is 117 cm³/mol. The van der Waals surface area contributed by atoms with Crippen molar-refractivity contribution in [3.05, 3.63) is 54.2 Å². The quantitative estimate of drug-likeness (QED) is 0.578. The van der Waals surface area contributed by atoms with Gasteiger partial charge in [-0.2, -0.15) is 4.31 Å². The van der Waals surface area contributed by atoms with Crippen LogP contribution in [-0.4, -0.2) is 58.3 Å². The number of aromatic nitrogens is 1. The van der Waals surface area contributed by atoms with Gasteiger partial charge in [0.2, 0.25) is 10.0 Å². The van der Waals surface area contributed by atoms with Crippen LogP contribution in [0.5, 0.6) is 11.5 Å². The van der Waals surface area contributed by atoms with Crippen LogP contribution in [0.3, 0.4) is 0 Å². The van der Waals surface area contributed by atoms with E-state index < -0.39 is 10.0 Å². The van der Waals surface area contributed by atoms with E-state index in [9.17, 15) is 8.42 Å². The molecule has 9 heteroatoms. The Balaban J connectivity index is 1.56. The molecule has 8 nitrogen and oxygen atoms in total. The Hall–Kier alpha value is -3.04. The third-order valence-corrected chi connectivity index (χ3v) is 7.29.